The Morgan fingerprint density at radius 2 is 1.62 bits per heavy atom. The fourth-order valence-electron chi connectivity index (χ4n) is 3.25. The van der Waals surface area contributed by atoms with Crippen molar-refractivity contribution in [3.05, 3.63) is 101 Å². The van der Waals surface area contributed by atoms with Crippen LogP contribution in [0, 0.1) is 5.82 Å². The smallest absolute Gasteiger partial charge is 0.332 e. The van der Waals surface area contributed by atoms with E-state index >= 15 is 0 Å². The molecule has 0 N–H and O–H groups in total. The van der Waals surface area contributed by atoms with Gasteiger partial charge in [0.2, 0.25) is 0 Å². The number of carbonyl (C=O) groups is 1. The number of benzene rings is 3. The van der Waals surface area contributed by atoms with Crippen LogP contribution in [0.2, 0.25) is 0 Å². The van der Waals surface area contributed by atoms with Gasteiger partial charge in [0.15, 0.2) is 0 Å². The first kappa shape index (κ1) is 16.9. The quantitative estimate of drug-likeness (QED) is 0.464. The molecule has 0 saturated carbocycles. The molecule has 4 heteroatoms. The van der Waals surface area contributed by atoms with Crippen LogP contribution in [0.1, 0.15) is 16.7 Å². The average Bonchev–Trinajstić information content (AvgIpc) is 2.93. The highest BCUT2D eigenvalue weighted by Gasteiger charge is 2.49. The molecule has 0 spiro atoms. The SMILES string of the molecule is O=C1Oc2ccccc2[C@]1(Cc1cccc(F)c1)SCc1ccccc1. The van der Waals surface area contributed by atoms with Gasteiger partial charge in [-0.05, 0) is 29.3 Å². The third kappa shape index (κ3) is 3.13. The first-order valence-corrected chi connectivity index (χ1v) is 9.40. The van der Waals surface area contributed by atoms with Gasteiger partial charge in [-0.3, -0.25) is 0 Å². The lowest BCUT2D eigenvalue weighted by molar-refractivity contribution is -0.135. The maximum atomic E-state index is 13.7. The van der Waals surface area contributed by atoms with Crippen LogP contribution in [0.5, 0.6) is 5.75 Å². The second-order valence-electron chi connectivity index (χ2n) is 6.29. The monoisotopic (exact) mass is 364 g/mol. The number of ether oxygens (including phenoxy) is 1. The predicted molar refractivity (Wildman–Crippen MR) is 102 cm³/mol. The molecule has 130 valence electrons. The molecule has 0 bridgehead atoms. The molecule has 3 aromatic rings. The molecule has 3 aromatic carbocycles. The highest BCUT2D eigenvalue weighted by atomic mass is 32.2. The number of carbonyl (C=O) groups excluding carboxylic acids is 1. The summed E-state index contributed by atoms with van der Waals surface area (Å²) in [6.45, 7) is 0. The second kappa shape index (κ2) is 6.96. The van der Waals surface area contributed by atoms with E-state index in [0.29, 0.717) is 17.9 Å². The Hall–Kier alpha value is -2.59. The number of rotatable bonds is 5. The van der Waals surface area contributed by atoms with Gasteiger partial charge < -0.3 is 4.74 Å². The summed E-state index contributed by atoms with van der Waals surface area (Å²) >= 11 is 1.54. The topological polar surface area (TPSA) is 26.3 Å². The van der Waals surface area contributed by atoms with Gasteiger partial charge in [0, 0.05) is 17.7 Å². The van der Waals surface area contributed by atoms with Crippen LogP contribution in [0.3, 0.4) is 0 Å². The first-order valence-electron chi connectivity index (χ1n) is 8.41. The number of fused-ring (bicyclic) bond motifs is 1. The normalized spacial score (nSPS) is 18.4. The van der Waals surface area contributed by atoms with Crippen LogP contribution in [0.25, 0.3) is 0 Å². The van der Waals surface area contributed by atoms with E-state index in [9.17, 15) is 9.18 Å². The number of hydrogen-bond acceptors (Lipinski definition) is 3. The van der Waals surface area contributed by atoms with E-state index < -0.39 is 4.75 Å². The molecule has 2 nitrogen and oxygen atoms in total. The van der Waals surface area contributed by atoms with Crippen LogP contribution in [0.4, 0.5) is 4.39 Å². The zero-order valence-electron chi connectivity index (χ0n) is 14.0. The average molecular weight is 364 g/mol. The van der Waals surface area contributed by atoms with E-state index in [1.165, 1.54) is 23.9 Å². The molecule has 0 saturated heterocycles. The highest BCUT2D eigenvalue weighted by Crippen LogP contribution is 2.50. The molecule has 4 rings (SSSR count). The van der Waals surface area contributed by atoms with Crippen molar-refractivity contribution in [2.75, 3.05) is 0 Å². The van der Waals surface area contributed by atoms with E-state index in [4.69, 9.17) is 4.74 Å². The number of halogens is 1. The van der Waals surface area contributed by atoms with Crippen molar-refractivity contribution in [3.8, 4) is 5.75 Å². The van der Waals surface area contributed by atoms with Crippen molar-refractivity contribution in [1.82, 2.24) is 0 Å². The van der Waals surface area contributed by atoms with Gasteiger partial charge in [-0.1, -0.05) is 60.7 Å². The highest BCUT2D eigenvalue weighted by molar-refractivity contribution is 8.00. The molecule has 0 amide bonds. The van der Waals surface area contributed by atoms with Crippen LogP contribution in [-0.2, 0) is 21.7 Å². The Morgan fingerprint density at radius 3 is 2.42 bits per heavy atom. The summed E-state index contributed by atoms with van der Waals surface area (Å²) < 4.78 is 18.4. The molecular weight excluding hydrogens is 347 g/mol. The summed E-state index contributed by atoms with van der Waals surface area (Å²) in [7, 11) is 0. The lowest BCUT2D eigenvalue weighted by Gasteiger charge is -2.26. The van der Waals surface area contributed by atoms with Gasteiger partial charge in [-0.2, -0.15) is 0 Å². The van der Waals surface area contributed by atoms with Gasteiger partial charge in [0.25, 0.3) is 0 Å². The van der Waals surface area contributed by atoms with Crippen molar-refractivity contribution < 1.29 is 13.9 Å². The molecule has 0 unspecified atom stereocenters. The molecule has 1 atom stereocenters. The van der Waals surface area contributed by atoms with Crippen molar-refractivity contribution in [2.24, 2.45) is 0 Å². The first-order chi connectivity index (χ1) is 12.7. The summed E-state index contributed by atoms with van der Waals surface area (Å²) in [6, 6.07) is 23.9. The molecule has 0 fully saturated rings. The van der Waals surface area contributed by atoms with Gasteiger partial charge in [-0.15, -0.1) is 11.8 Å². The van der Waals surface area contributed by atoms with Gasteiger partial charge >= 0.3 is 5.97 Å². The van der Waals surface area contributed by atoms with Crippen molar-refractivity contribution >= 4 is 17.7 Å². The number of thioether (sulfide) groups is 1. The minimum absolute atomic E-state index is 0.288. The van der Waals surface area contributed by atoms with E-state index in [-0.39, 0.29) is 11.8 Å². The fourth-order valence-corrected chi connectivity index (χ4v) is 4.61. The lowest BCUT2D eigenvalue weighted by atomic mass is 9.92. The lowest BCUT2D eigenvalue weighted by Crippen LogP contribution is -2.33. The Morgan fingerprint density at radius 1 is 0.885 bits per heavy atom. The third-order valence-electron chi connectivity index (χ3n) is 4.52. The van der Waals surface area contributed by atoms with Crippen LogP contribution in [-0.4, -0.2) is 5.97 Å². The Labute approximate surface area is 156 Å². The minimum Gasteiger partial charge on any atom is -0.425 e. The van der Waals surface area contributed by atoms with Crippen LogP contribution in [0.15, 0.2) is 78.9 Å². The molecule has 0 aromatic heterocycles. The van der Waals surface area contributed by atoms with Gasteiger partial charge in [-0.25, -0.2) is 9.18 Å². The summed E-state index contributed by atoms with van der Waals surface area (Å²) in [6.07, 6.45) is 0.387. The van der Waals surface area contributed by atoms with Crippen molar-refractivity contribution in [1.29, 1.82) is 0 Å². The Kier molecular flexibility index (Phi) is 4.51. The summed E-state index contributed by atoms with van der Waals surface area (Å²) in [5.74, 6) is 0.670. The molecule has 0 radical (unpaired) electrons. The number of esters is 1. The number of hydrogen-bond donors (Lipinski definition) is 0. The zero-order valence-corrected chi connectivity index (χ0v) is 14.8. The second-order valence-corrected chi connectivity index (χ2v) is 7.57. The molecule has 26 heavy (non-hydrogen) atoms. The zero-order chi connectivity index (χ0) is 18.0. The van der Waals surface area contributed by atoms with Crippen molar-refractivity contribution in [3.63, 3.8) is 0 Å². The molecule has 1 heterocycles. The largest absolute Gasteiger partial charge is 0.425 e. The minimum atomic E-state index is -0.875. The predicted octanol–water partition coefficient (Wildman–Crippen LogP) is 5.12. The Balaban J connectivity index is 1.73. The van der Waals surface area contributed by atoms with E-state index in [0.717, 1.165) is 16.7 Å². The van der Waals surface area contributed by atoms with Gasteiger partial charge in [0.05, 0.1) is 0 Å². The van der Waals surface area contributed by atoms with Gasteiger partial charge in [0.1, 0.15) is 16.3 Å². The third-order valence-corrected chi connectivity index (χ3v) is 6.03. The standard InChI is InChI=1S/C22H17FO2S/c23-18-10-6-9-17(13-18)14-22(26-15-16-7-2-1-3-8-16)19-11-4-5-12-20(19)25-21(22)24/h1-13H,14-15H2/t22-/m0/s1. The van der Waals surface area contributed by atoms with Crippen LogP contribution < -0.4 is 4.74 Å². The maximum absolute atomic E-state index is 13.7. The summed E-state index contributed by atoms with van der Waals surface area (Å²) in [5.41, 5.74) is 2.77. The summed E-state index contributed by atoms with van der Waals surface area (Å²) in [4.78, 5) is 12.9. The number of para-hydroxylation sites is 1. The van der Waals surface area contributed by atoms with E-state index in [1.54, 1.807) is 6.07 Å². The van der Waals surface area contributed by atoms with E-state index in [2.05, 4.69) is 0 Å². The molecule has 1 aliphatic rings. The molecule has 0 aliphatic carbocycles. The van der Waals surface area contributed by atoms with E-state index in [1.807, 2.05) is 60.7 Å². The molecule has 1 aliphatic heterocycles. The fraction of sp³-hybridized carbons (Fsp3) is 0.136. The Bertz CT molecular complexity index is 942. The molecular formula is C22H17FO2S. The summed E-state index contributed by atoms with van der Waals surface area (Å²) in [5, 5.41) is 0. The van der Waals surface area contributed by atoms with Crippen molar-refractivity contribution in [2.45, 2.75) is 16.9 Å². The van der Waals surface area contributed by atoms with Crippen LogP contribution >= 0.6 is 11.8 Å². The maximum Gasteiger partial charge on any atom is 0.332 e.